The molecule has 2 aromatic carbocycles. The summed E-state index contributed by atoms with van der Waals surface area (Å²) in [6, 6.07) is 19.3. The van der Waals surface area contributed by atoms with E-state index in [0.29, 0.717) is 5.71 Å². The molecule has 0 radical (unpaired) electrons. The highest BCUT2D eigenvalue weighted by Crippen LogP contribution is 2.17. The van der Waals surface area contributed by atoms with Crippen LogP contribution >= 0.6 is 0 Å². The second kappa shape index (κ2) is 9.82. The molecule has 152 valence electrons. The second-order valence-corrected chi connectivity index (χ2v) is 7.93. The Labute approximate surface area is 172 Å². The average molecular weight is 392 g/mol. The van der Waals surface area contributed by atoms with Gasteiger partial charge in [-0.1, -0.05) is 81.4 Å². The minimum absolute atomic E-state index is 0.00277. The van der Waals surface area contributed by atoms with Gasteiger partial charge < -0.3 is 4.74 Å². The van der Waals surface area contributed by atoms with Crippen LogP contribution in [0.5, 0.6) is 0 Å². The number of hydrogen-bond acceptors (Lipinski definition) is 5. The zero-order valence-corrected chi connectivity index (χ0v) is 17.6. The molecule has 0 aliphatic rings. The van der Waals surface area contributed by atoms with Crippen molar-refractivity contribution in [3.63, 3.8) is 0 Å². The summed E-state index contributed by atoms with van der Waals surface area (Å²) in [5, 5.41) is 4.47. The maximum absolute atomic E-state index is 12.5. The highest BCUT2D eigenvalue weighted by atomic mass is 16.5. The highest BCUT2D eigenvalue weighted by molar-refractivity contribution is 6.13. The highest BCUT2D eigenvalue weighted by Gasteiger charge is 2.23. The summed E-state index contributed by atoms with van der Waals surface area (Å²) in [5.74, 6) is -0.821. The van der Waals surface area contributed by atoms with E-state index in [1.54, 1.807) is 34.6 Å². The molecule has 0 aliphatic carbocycles. The number of rotatable bonds is 7. The zero-order valence-electron chi connectivity index (χ0n) is 17.6. The number of hydrogen-bond donors (Lipinski definition) is 1. The molecule has 0 aromatic heterocycles. The monoisotopic (exact) mass is 392 g/mol. The molecule has 0 spiro atoms. The van der Waals surface area contributed by atoms with Crippen molar-refractivity contribution in [3.8, 4) is 0 Å². The van der Waals surface area contributed by atoms with Crippen LogP contribution in [0.3, 0.4) is 0 Å². The van der Waals surface area contributed by atoms with Crippen LogP contribution in [-0.4, -0.2) is 23.6 Å². The predicted molar refractivity (Wildman–Crippen MR) is 115 cm³/mol. The Bertz CT molecular complexity index is 851. The van der Waals surface area contributed by atoms with E-state index < -0.39 is 11.4 Å². The number of nitrogens with one attached hydrogen (secondary N) is 1. The van der Waals surface area contributed by atoms with Gasteiger partial charge in [0.25, 0.3) is 0 Å². The van der Waals surface area contributed by atoms with E-state index in [0.717, 1.165) is 11.1 Å². The summed E-state index contributed by atoms with van der Waals surface area (Å²) >= 11 is 0. The molecule has 0 atom stereocenters. The molecule has 5 heteroatoms. The van der Waals surface area contributed by atoms with Gasteiger partial charge in [0.1, 0.15) is 5.70 Å². The number of esters is 1. The van der Waals surface area contributed by atoms with E-state index in [2.05, 4.69) is 10.5 Å². The van der Waals surface area contributed by atoms with Gasteiger partial charge in [0.2, 0.25) is 0 Å². The van der Waals surface area contributed by atoms with Gasteiger partial charge in [0, 0.05) is 22.6 Å². The van der Waals surface area contributed by atoms with E-state index in [1.807, 2.05) is 60.7 Å². The minimum Gasteiger partial charge on any atom is -0.458 e. The molecule has 0 heterocycles. The minimum atomic E-state index is -0.629. The van der Waals surface area contributed by atoms with Gasteiger partial charge in [-0.15, -0.1) is 0 Å². The summed E-state index contributed by atoms with van der Waals surface area (Å²) in [5.41, 5.74) is 4.56. The second-order valence-electron chi connectivity index (χ2n) is 7.93. The molecule has 0 saturated heterocycles. The van der Waals surface area contributed by atoms with E-state index in [4.69, 9.17) is 4.74 Å². The van der Waals surface area contributed by atoms with Crippen molar-refractivity contribution in [3.05, 3.63) is 83.6 Å². The molecule has 0 amide bonds. The van der Waals surface area contributed by atoms with Crippen LogP contribution < -0.4 is 5.43 Å². The first kappa shape index (κ1) is 22.1. The average Bonchev–Trinajstić information content (AvgIpc) is 2.67. The third kappa shape index (κ3) is 6.71. The largest absolute Gasteiger partial charge is 0.458 e. The fourth-order valence-electron chi connectivity index (χ4n) is 2.37. The van der Waals surface area contributed by atoms with Gasteiger partial charge in [0.15, 0.2) is 5.78 Å². The normalized spacial score (nSPS) is 11.7. The Kier molecular flexibility index (Phi) is 7.48. The molecule has 0 unspecified atom stereocenters. The first-order valence-corrected chi connectivity index (χ1v) is 9.60. The van der Waals surface area contributed by atoms with Crippen molar-refractivity contribution in [2.75, 3.05) is 0 Å². The smallest absolute Gasteiger partial charge is 0.356 e. The van der Waals surface area contributed by atoms with E-state index in [-0.39, 0.29) is 17.6 Å². The van der Waals surface area contributed by atoms with Crippen molar-refractivity contribution in [2.45, 2.75) is 40.7 Å². The van der Waals surface area contributed by atoms with Gasteiger partial charge in [0.05, 0.1) is 11.8 Å². The third-order valence-electron chi connectivity index (χ3n) is 3.96. The molecular formula is C24H28N2O3. The standard InChI is InChI=1S/C24H28N2O3/c1-17(2)29-23(28)20(16-21(27)24(3,4)5)25-26-22(18-12-8-6-9-13-18)19-14-10-7-11-15-19/h6-17,25H,1-5H3. The van der Waals surface area contributed by atoms with E-state index in [9.17, 15) is 9.59 Å². The SMILES string of the molecule is CC(C)OC(=O)C(=CC(=O)C(C)(C)C)NN=C(c1ccccc1)c1ccccc1. The number of benzene rings is 2. The van der Waals surface area contributed by atoms with Crippen molar-refractivity contribution in [1.82, 2.24) is 5.43 Å². The van der Waals surface area contributed by atoms with E-state index >= 15 is 0 Å². The molecular weight excluding hydrogens is 364 g/mol. The van der Waals surface area contributed by atoms with Crippen molar-refractivity contribution in [2.24, 2.45) is 10.5 Å². The lowest BCUT2D eigenvalue weighted by Crippen LogP contribution is -2.26. The summed E-state index contributed by atoms with van der Waals surface area (Å²) < 4.78 is 5.28. The maximum Gasteiger partial charge on any atom is 0.356 e. The van der Waals surface area contributed by atoms with Crippen LogP contribution in [0, 0.1) is 5.41 Å². The number of hydrazone groups is 1. The van der Waals surface area contributed by atoms with Gasteiger partial charge >= 0.3 is 5.97 Å². The zero-order chi connectivity index (χ0) is 21.4. The molecule has 0 aliphatic heterocycles. The summed E-state index contributed by atoms with van der Waals surface area (Å²) in [4.78, 5) is 25.0. The third-order valence-corrected chi connectivity index (χ3v) is 3.96. The first-order chi connectivity index (χ1) is 13.7. The predicted octanol–water partition coefficient (Wildman–Crippen LogP) is 4.48. The summed E-state index contributed by atoms with van der Waals surface area (Å²) in [6.45, 7) is 8.88. The molecule has 2 aromatic rings. The lowest BCUT2D eigenvalue weighted by Gasteiger charge is -2.16. The molecule has 0 bridgehead atoms. The van der Waals surface area contributed by atoms with Crippen molar-refractivity contribution in [1.29, 1.82) is 0 Å². The van der Waals surface area contributed by atoms with E-state index in [1.165, 1.54) is 6.08 Å². The first-order valence-electron chi connectivity index (χ1n) is 9.60. The van der Waals surface area contributed by atoms with Crippen LogP contribution in [0.4, 0.5) is 0 Å². The lowest BCUT2D eigenvalue weighted by atomic mass is 9.90. The Balaban J connectivity index is 2.45. The van der Waals surface area contributed by atoms with Crippen LogP contribution in [0.25, 0.3) is 0 Å². The Hall–Kier alpha value is -3.21. The van der Waals surface area contributed by atoms with Gasteiger partial charge in [-0.2, -0.15) is 5.10 Å². The molecule has 29 heavy (non-hydrogen) atoms. The Morgan fingerprint density at radius 3 is 1.83 bits per heavy atom. The Morgan fingerprint density at radius 1 is 0.931 bits per heavy atom. The fourth-order valence-corrected chi connectivity index (χ4v) is 2.37. The topological polar surface area (TPSA) is 67.8 Å². The summed E-state index contributed by atoms with van der Waals surface area (Å²) in [7, 11) is 0. The molecule has 0 fully saturated rings. The van der Waals surface area contributed by atoms with Gasteiger partial charge in [-0.05, 0) is 13.8 Å². The maximum atomic E-state index is 12.5. The van der Waals surface area contributed by atoms with Crippen LogP contribution in [0.15, 0.2) is 77.5 Å². The Morgan fingerprint density at radius 2 is 1.41 bits per heavy atom. The quantitative estimate of drug-likeness (QED) is 0.326. The number of ketones is 1. The van der Waals surface area contributed by atoms with Gasteiger partial charge in [-0.3, -0.25) is 10.2 Å². The van der Waals surface area contributed by atoms with Crippen LogP contribution in [0.2, 0.25) is 0 Å². The number of ether oxygens (including phenoxy) is 1. The molecule has 5 nitrogen and oxygen atoms in total. The molecule has 2 rings (SSSR count). The number of allylic oxidation sites excluding steroid dienone is 1. The van der Waals surface area contributed by atoms with Gasteiger partial charge in [-0.25, -0.2) is 4.79 Å². The van der Waals surface area contributed by atoms with Crippen LogP contribution in [-0.2, 0) is 14.3 Å². The number of nitrogens with zero attached hydrogens (tertiary/aromatic N) is 1. The number of carbonyl (C=O) groups excluding carboxylic acids is 2. The fraction of sp³-hybridized carbons (Fsp3) is 0.292. The molecule has 1 N–H and O–H groups in total. The lowest BCUT2D eigenvalue weighted by molar-refractivity contribution is -0.143. The van der Waals surface area contributed by atoms with Crippen molar-refractivity contribution < 1.29 is 14.3 Å². The molecule has 0 saturated carbocycles. The number of carbonyl (C=O) groups is 2. The van der Waals surface area contributed by atoms with Crippen molar-refractivity contribution >= 4 is 17.5 Å². The summed E-state index contributed by atoms with van der Waals surface area (Å²) in [6.07, 6.45) is 0.950. The van der Waals surface area contributed by atoms with Crippen LogP contribution in [0.1, 0.15) is 45.7 Å².